The first kappa shape index (κ1) is 14.0. The van der Waals surface area contributed by atoms with Crippen LogP contribution in [0.15, 0.2) is 6.07 Å². The van der Waals surface area contributed by atoms with Gasteiger partial charge in [0.25, 0.3) is 0 Å². The Morgan fingerprint density at radius 3 is 2.83 bits per heavy atom. The van der Waals surface area contributed by atoms with Crippen molar-refractivity contribution >= 4 is 11.3 Å². The maximum Gasteiger partial charge on any atom is 0.0786 e. The van der Waals surface area contributed by atoms with E-state index >= 15 is 0 Å². The molecular formula is C14H24N2OS. The molecule has 3 nitrogen and oxygen atoms in total. The molecule has 3 N–H and O–H groups in total. The van der Waals surface area contributed by atoms with Crippen LogP contribution in [0.1, 0.15) is 54.5 Å². The fourth-order valence-electron chi connectivity index (χ4n) is 2.36. The summed E-state index contributed by atoms with van der Waals surface area (Å²) in [5, 5.41) is 0. The molecule has 0 saturated heterocycles. The lowest BCUT2D eigenvalue weighted by Gasteiger charge is -2.16. The van der Waals surface area contributed by atoms with E-state index in [1.807, 2.05) is 11.3 Å². The summed E-state index contributed by atoms with van der Waals surface area (Å²) in [6, 6.07) is 2.46. The maximum atomic E-state index is 5.67. The molecule has 0 saturated carbocycles. The molecular weight excluding hydrogens is 244 g/mol. The average molecular weight is 268 g/mol. The first-order valence-electron chi connectivity index (χ1n) is 6.90. The number of nitrogens with one attached hydrogen (secondary N) is 1. The lowest BCUT2D eigenvalue weighted by atomic mass is 10.1. The zero-order chi connectivity index (χ0) is 13.0. The van der Waals surface area contributed by atoms with Crippen LogP contribution in [0.4, 0.5) is 0 Å². The second-order valence-corrected chi connectivity index (χ2v) is 6.43. The Kier molecular flexibility index (Phi) is 5.18. The van der Waals surface area contributed by atoms with Gasteiger partial charge in [0.2, 0.25) is 0 Å². The summed E-state index contributed by atoms with van der Waals surface area (Å²) in [5.74, 6) is 5.66. The van der Waals surface area contributed by atoms with Crippen molar-refractivity contribution in [3.8, 4) is 0 Å². The summed E-state index contributed by atoms with van der Waals surface area (Å²) in [6.07, 6.45) is 6.74. The molecule has 102 valence electrons. The van der Waals surface area contributed by atoms with Gasteiger partial charge in [-0.1, -0.05) is 6.42 Å². The van der Waals surface area contributed by atoms with E-state index in [9.17, 15) is 0 Å². The van der Waals surface area contributed by atoms with Gasteiger partial charge in [-0.25, -0.2) is 5.43 Å². The van der Waals surface area contributed by atoms with Gasteiger partial charge in [0, 0.05) is 9.75 Å². The topological polar surface area (TPSA) is 47.3 Å². The van der Waals surface area contributed by atoms with E-state index in [1.165, 1.54) is 42.5 Å². The third-order valence-corrected chi connectivity index (χ3v) is 4.76. The Labute approximate surface area is 114 Å². The van der Waals surface area contributed by atoms with Gasteiger partial charge in [-0.2, -0.15) is 0 Å². The van der Waals surface area contributed by atoms with Gasteiger partial charge in [-0.15, -0.1) is 11.3 Å². The minimum absolute atomic E-state index is 0.129. The molecule has 0 amide bonds. The molecule has 1 heterocycles. The Hall–Kier alpha value is -0.420. The van der Waals surface area contributed by atoms with E-state index in [-0.39, 0.29) is 12.1 Å². The van der Waals surface area contributed by atoms with E-state index in [4.69, 9.17) is 10.6 Å². The van der Waals surface area contributed by atoms with Crippen molar-refractivity contribution in [2.24, 2.45) is 5.84 Å². The minimum Gasteiger partial charge on any atom is -0.377 e. The van der Waals surface area contributed by atoms with Gasteiger partial charge in [-0.05, 0) is 51.2 Å². The van der Waals surface area contributed by atoms with Crippen LogP contribution >= 0.6 is 11.3 Å². The zero-order valence-corrected chi connectivity index (χ0v) is 12.2. The quantitative estimate of drug-likeness (QED) is 0.490. The SMILES string of the molecule is CC(C)OCC(NN)c1cc2c(s1)CCCCC2. The molecule has 1 unspecified atom stereocenters. The monoisotopic (exact) mass is 268 g/mol. The average Bonchev–Trinajstić information content (AvgIpc) is 2.61. The molecule has 1 aliphatic carbocycles. The second-order valence-electron chi connectivity index (χ2n) is 5.26. The largest absolute Gasteiger partial charge is 0.377 e. The smallest absolute Gasteiger partial charge is 0.0786 e. The van der Waals surface area contributed by atoms with Crippen LogP contribution in [0.2, 0.25) is 0 Å². The maximum absolute atomic E-state index is 5.67. The summed E-state index contributed by atoms with van der Waals surface area (Å²) < 4.78 is 5.67. The Morgan fingerprint density at radius 1 is 1.33 bits per heavy atom. The van der Waals surface area contributed by atoms with Crippen LogP contribution in [0.3, 0.4) is 0 Å². The summed E-state index contributed by atoms with van der Waals surface area (Å²) in [7, 11) is 0. The first-order valence-corrected chi connectivity index (χ1v) is 7.71. The number of ether oxygens (including phenoxy) is 1. The third kappa shape index (κ3) is 3.54. The van der Waals surface area contributed by atoms with Crippen molar-refractivity contribution in [2.75, 3.05) is 6.61 Å². The fraction of sp³-hybridized carbons (Fsp3) is 0.714. The van der Waals surface area contributed by atoms with Crippen molar-refractivity contribution in [3.05, 3.63) is 21.4 Å². The molecule has 1 aromatic heterocycles. The second kappa shape index (κ2) is 6.66. The van der Waals surface area contributed by atoms with E-state index in [2.05, 4.69) is 25.3 Å². The van der Waals surface area contributed by atoms with Gasteiger partial charge in [0.1, 0.15) is 0 Å². The number of hydrogen-bond donors (Lipinski definition) is 2. The van der Waals surface area contributed by atoms with Gasteiger partial charge in [-0.3, -0.25) is 5.84 Å². The van der Waals surface area contributed by atoms with Crippen molar-refractivity contribution in [1.29, 1.82) is 0 Å². The summed E-state index contributed by atoms with van der Waals surface area (Å²) >= 11 is 1.91. The number of thiophene rings is 1. The molecule has 4 heteroatoms. The van der Waals surface area contributed by atoms with E-state index in [0.717, 1.165) is 0 Å². The lowest BCUT2D eigenvalue weighted by molar-refractivity contribution is 0.0618. The highest BCUT2D eigenvalue weighted by Crippen LogP contribution is 2.32. The van der Waals surface area contributed by atoms with Crippen molar-refractivity contribution in [2.45, 2.75) is 58.1 Å². The van der Waals surface area contributed by atoms with Crippen LogP contribution in [-0.2, 0) is 17.6 Å². The standard InChI is InChI=1S/C14H24N2OS/c1-10(2)17-9-12(16-15)14-8-11-6-4-3-5-7-13(11)18-14/h8,10,12,16H,3-7,9,15H2,1-2H3. The molecule has 1 aromatic rings. The highest BCUT2D eigenvalue weighted by Gasteiger charge is 2.18. The number of hydrogen-bond acceptors (Lipinski definition) is 4. The van der Waals surface area contributed by atoms with Crippen molar-refractivity contribution in [3.63, 3.8) is 0 Å². The van der Waals surface area contributed by atoms with Crippen LogP contribution in [-0.4, -0.2) is 12.7 Å². The Morgan fingerprint density at radius 2 is 2.11 bits per heavy atom. The number of rotatable bonds is 5. The van der Waals surface area contributed by atoms with E-state index < -0.39 is 0 Å². The highest BCUT2D eigenvalue weighted by atomic mass is 32.1. The number of fused-ring (bicyclic) bond motifs is 1. The van der Waals surface area contributed by atoms with E-state index in [0.29, 0.717) is 6.61 Å². The van der Waals surface area contributed by atoms with E-state index in [1.54, 1.807) is 4.88 Å². The molecule has 0 aliphatic heterocycles. The summed E-state index contributed by atoms with van der Waals surface area (Å²) in [4.78, 5) is 2.89. The normalized spacial score (nSPS) is 17.6. The molecule has 2 rings (SSSR count). The van der Waals surface area contributed by atoms with Crippen LogP contribution < -0.4 is 11.3 Å². The van der Waals surface area contributed by atoms with Gasteiger partial charge < -0.3 is 4.74 Å². The molecule has 0 fully saturated rings. The Bertz CT molecular complexity index is 352. The number of aryl methyl sites for hydroxylation is 2. The number of nitrogens with two attached hydrogens (primary N) is 1. The molecule has 1 atom stereocenters. The lowest BCUT2D eigenvalue weighted by Crippen LogP contribution is -2.31. The number of hydrazine groups is 1. The van der Waals surface area contributed by atoms with Gasteiger partial charge >= 0.3 is 0 Å². The summed E-state index contributed by atoms with van der Waals surface area (Å²) in [5.41, 5.74) is 4.42. The minimum atomic E-state index is 0.129. The zero-order valence-electron chi connectivity index (χ0n) is 11.4. The molecule has 18 heavy (non-hydrogen) atoms. The van der Waals surface area contributed by atoms with Crippen LogP contribution in [0, 0.1) is 0 Å². The predicted octanol–water partition coefficient (Wildman–Crippen LogP) is 2.95. The Balaban J connectivity index is 2.06. The molecule has 1 aliphatic rings. The van der Waals surface area contributed by atoms with Gasteiger partial charge in [0.15, 0.2) is 0 Å². The van der Waals surface area contributed by atoms with Crippen molar-refractivity contribution in [1.82, 2.24) is 5.43 Å². The van der Waals surface area contributed by atoms with Crippen LogP contribution in [0.25, 0.3) is 0 Å². The van der Waals surface area contributed by atoms with Crippen molar-refractivity contribution < 1.29 is 4.74 Å². The fourth-order valence-corrected chi connectivity index (χ4v) is 3.67. The first-order chi connectivity index (χ1) is 8.70. The molecule has 0 radical (unpaired) electrons. The summed E-state index contributed by atoms with van der Waals surface area (Å²) in [6.45, 7) is 4.75. The highest BCUT2D eigenvalue weighted by molar-refractivity contribution is 7.12. The van der Waals surface area contributed by atoms with Crippen LogP contribution in [0.5, 0.6) is 0 Å². The molecule has 0 bridgehead atoms. The third-order valence-electron chi connectivity index (χ3n) is 3.41. The van der Waals surface area contributed by atoms with Gasteiger partial charge in [0.05, 0.1) is 18.8 Å². The molecule has 0 aromatic carbocycles. The molecule has 0 spiro atoms. The predicted molar refractivity (Wildman–Crippen MR) is 76.7 cm³/mol.